The average molecular weight is 478 g/mol. The van der Waals surface area contributed by atoms with Gasteiger partial charge in [-0.25, -0.2) is 4.79 Å². The Morgan fingerprint density at radius 2 is 1.88 bits per heavy atom. The van der Waals surface area contributed by atoms with Gasteiger partial charge in [-0.05, 0) is 54.9 Å². The van der Waals surface area contributed by atoms with Crippen molar-refractivity contribution >= 4 is 40.6 Å². The number of urea groups is 1. The number of hydrogen-bond donors (Lipinski definition) is 3. The topological polar surface area (TPSA) is 90.2 Å². The summed E-state index contributed by atoms with van der Waals surface area (Å²) in [6.45, 7) is 8.11. The monoisotopic (exact) mass is 477 g/mol. The Morgan fingerprint density at radius 3 is 2.44 bits per heavy atom. The first-order valence-corrected chi connectivity index (χ1v) is 12.2. The lowest BCUT2D eigenvalue weighted by molar-refractivity contribution is -0.137. The number of carbonyl (C=O) groups is 2. The lowest BCUT2D eigenvalue weighted by Gasteiger charge is -2.38. The highest BCUT2D eigenvalue weighted by molar-refractivity contribution is 7.06. The number of halogens is 1. The highest BCUT2D eigenvalue weighted by Gasteiger charge is 2.36. The van der Waals surface area contributed by atoms with E-state index in [0.29, 0.717) is 34.5 Å². The molecule has 1 saturated heterocycles. The SMILES string of the molecule is CC(C)(C)[C@@H](NC(=O)Nc1ccc(Cl)cc1)C(=O)N1CCC(CCn2ccsc2=N)CC1. The first kappa shape index (κ1) is 24.3. The minimum atomic E-state index is -0.626. The zero-order valence-corrected chi connectivity index (χ0v) is 20.4. The minimum absolute atomic E-state index is 0.0390. The number of nitrogens with zero attached hydrogens (tertiary/aromatic N) is 2. The fourth-order valence-corrected chi connectivity index (χ4v) is 4.66. The summed E-state index contributed by atoms with van der Waals surface area (Å²) in [5.41, 5.74) is 0.193. The van der Waals surface area contributed by atoms with E-state index in [1.807, 2.05) is 41.8 Å². The number of aromatic nitrogens is 1. The number of benzene rings is 1. The molecule has 0 radical (unpaired) electrons. The summed E-state index contributed by atoms with van der Waals surface area (Å²) in [5, 5.41) is 16.1. The van der Waals surface area contributed by atoms with Crippen LogP contribution < -0.4 is 15.4 Å². The van der Waals surface area contributed by atoms with Crippen molar-refractivity contribution in [3.63, 3.8) is 0 Å². The molecule has 0 spiro atoms. The zero-order valence-electron chi connectivity index (χ0n) is 18.9. The van der Waals surface area contributed by atoms with Crippen LogP contribution in [0.3, 0.4) is 0 Å². The Kier molecular flexibility index (Phi) is 8.00. The fourth-order valence-electron chi connectivity index (χ4n) is 3.91. The predicted octanol–water partition coefficient (Wildman–Crippen LogP) is 4.55. The van der Waals surface area contributed by atoms with Crippen molar-refractivity contribution < 1.29 is 9.59 Å². The summed E-state index contributed by atoms with van der Waals surface area (Å²) in [6.07, 6.45) is 4.86. The Bertz CT molecular complexity index is 971. The van der Waals surface area contributed by atoms with Crippen LogP contribution in [0.15, 0.2) is 35.8 Å². The zero-order chi connectivity index (χ0) is 23.3. The molecule has 1 atom stereocenters. The van der Waals surface area contributed by atoms with Gasteiger partial charge < -0.3 is 20.1 Å². The number of piperidine rings is 1. The molecule has 1 aliphatic rings. The van der Waals surface area contributed by atoms with Crippen LogP contribution in [0, 0.1) is 16.7 Å². The van der Waals surface area contributed by atoms with E-state index in [9.17, 15) is 9.59 Å². The smallest absolute Gasteiger partial charge is 0.319 e. The third-order valence-corrected chi connectivity index (χ3v) is 6.84. The molecule has 1 aromatic carbocycles. The molecule has 2 aromatic rings. The molecule has 1 fully saturated rings. The van der Waals surface area contributed by atoms with Crippen LogP contribution in [-0.2, 0) is 11.3 Å². The van der Waals surface area contributed by atoms with Gasteiger partial charge in [-0.3, -0.25) is 10.2 Å². The van der Waals surface area contributed by atoms with E-state index in [1.54, 1.807) is 24.3 Å². The van der Waals surface area contributed by atoms with Gasteiger partial charge in [0.2, 0.25) is 5.91 Å². The molecule has 2 heterocycles. The lowest BCUT2D eigenvalue weighted by atomic mass is 9.85. The van der Waals surface area contributed by atoms with Gasteiger partial charge in [-0.1, -0.05) is 32.4 Å². The molecule has 32 heavy (non-hydrogen) atoms. The molecule has 174 valence electrons. The average Bonchev–Trinajstić information content (AvgIpc) is 3.16. The van der Waals surface area contributed by atoms with Gasteiger partial charge in [0.1, 0.15) is 6.04 Å². The molecule has 3 rings (SSSR count). The second-order valence-corrected chi connectivity index (χ2v) is 10.7. The van der Waals surface area contributed by atoms with E-state index in [4.69, 9.17) is 17.0 Å². The lowest BCUT2D eigenvalue weighted by Crippen LogP contribution is -2.56. The molecular weight excluding hydrogens is 446 g/mol. The summed E-state index contributed by atoms with van der Waals surface area (Å²) < 4.78 is 1.97. The largest absolute Gasteiger partial charge is 0.341 e. The Balaban J connectivity index is 1.54. The number of anilines is 1. The summed E-state index contributed by atoms with van der Waals surface area (Å²) in [4.78, 5) is 28.3. The maximum absolute atomic E-state index is 13.3. The number of nitrogens with one attached hydrogen (secondary N) is 3. The molecule has 0 aliphatic carbocycles. The number of aryl methyl sites for hydroxylation is 1. The number of amides is 3. The summed E-state index contributed by atoms with van der Waals surface area (Å²) >= 11 is 7.33. The second-order valence-electron chi connectivity index (χ2n) is 9.36. The Labute approximate surface area is 198 Å². The highest BCUT2D eigenvalue weighted by atomic mass is 35.5. The summed E-state index contributed by atoms with van der Waals surface area (Å²) in [5.74, 6) is 0.503. The first-order chi connectivity index (χ1) is 15.1. The van der Waals surface area contributed by atoms with Crippen molar-refractivity contribution in [2.45, 2.75) is 52.6 Å². The normalized spacial score (nSPS) is 15.9. The molecular formula is C23H32ClN5O2S. The van der Waals surface area contributed by atoms with Crippen LogP contribution in [0.1, 0.15) is 40.0 Å². The van der Waals surface area contributed by atoms with Crippen molar-refractivity contribution in [2.24, 2.45) is 11.3 Å². The second kappa shape index (κ2) is 10.5. The first-order valence-electron chi connectivity index (χ1n) is 10.9. The molecule has 0 saturated carbocycles. The summed E-state index contributed by atoms with van der Waals surface area (Å²) in [6, 6.07) is 5.82. The van der Waals surface area contributed by atoms with Gasteiger partial charge in [0.25, 0.3) is 0 Å². The van der Waals surface area contributed by atoms with Crippen molar-refractivity contribution in [3.8, 4) is 0 Å². The molecule has 1 aromatic heterocycles. The van der Waals surface area contributed by atoms with Crippen LogP contribution in [0.4, 0.5) is 10.5 Å². The number of rotatable bonds is 6. The van der Waals surface area contributed by atoms with Crippen LogP contribution in [0.5, 0.6) is 0 Å². The molecule has 3 N–H and O–H groups in total. The molecule has 0 bridgehead atoms. The molecule has 0 unspecified atom stereocenters. The van der Waals surface area contributed by atoms with Gasteiger partial charge >= 0.3 is 6.03 Å². The van der Waals surface area contributed by atoms with Crippen molar-refractivity contribution in [1.29, 1.82) is 5.41 Å². The molecule has 1 aliphatic heterocycles. The van der Waals surface area contributed by atoms with Crippen molar-refractivity contribution in [2.75, 3.05) is 18.4 Å². The van der Waals surface area contributed by atoms with Crippen molar-refractivity contribution in [3.05, 3.63) is 45.7 Å². The standard InChI is InChI=1S/C23H32ClN5O2S/c1-23(2,3)19(27-22(31)26-18-6-4-17(24)5-7-18)20(30)28-11-8-16(9-12-28)10-13-29-14-15-32-21(29)25/h4-7,14-16,19,25H,8-13H2,1-3H3,(H2,26,27,31)/t19-/m0/s1. The van der Waals surface area contributed by atoms with Crippen molar-refractivity contribution in [1.82, 2.24) is 14.8 Å². The number of likely N-dealkylation sites (tertiary alicyclic amines) is 1. The van der Waals surface area contributed by atoms with Gasteiger partial charge in [0, 0.05) is 41.9 Å². The van der Waals surface area contributed by atoms with E-state index in [-0.39, 0.29) is 5.91 Å². The quantitative estimate of drug-likeness (QED) is 0.569. The van der Waals surface area contributed by atoms with E-state index in [0.717, 1.165) is 25.8 Å². The van der Waals surface area contributed by atoms with Gasteiger partial charge in [-0.2, -0.15) is 0 Å². The van der Waals surface area contributed by atoms with Crippen LogP contribution in [0.25, 0.3) is 0 Å². The summed E-state index contributed by atoms with van der Waals surface area (Å²) in [7, 11) is 0. The predicted molar refractivity (Wildman–Crippen MR) is 129 cm³/mol. The van der Waals surface area contributed by atoms with Gasteiger partial charge in [-0.15, -0.1) is 11.3 Å². The van der Waals surface area contributed by atoms with E-state index in [1.165, 1.54) is 11.3 Å². The molecule has 3 amide bonds. The van der Waals surface area contributed by atoms with Crippen LogP contribution >= 0.6 is 22.9 Å². The minimum Gasteiger partial charge on any atom is -0.341 e. The molecule has 9 heteroatoms. The van der Waals surface area contributed by atoms with Gasteiger partial charge in [0.15, 0.2) is 4.80 Å². The molecule has 7 nitrogen and oxygen atoms in total. The Morgan fingerprint density at radius 1 is 1.22 bits per heavy atom. The third-order valence-electron chi connectivity index (χ3n) is 5.88. The number of thiazole rings is 1. The van der Waals surface area contributed by atoms with E-state index < -0.39 is 17.5 Å². The number of hydrogen-bond acceptors (Lipinski definition) is 4. The van der Waals surface area contributed by atoms with E-state index >= 15 is 0 Å². The van der Waals surface area contributed by atoms with Crippen LogP contribution in [-0.4, -0.2) is 40.5 Å². The van der Waals surface area contributed by atoms with E-state index in [2.05, 4.69) is 10.6 Å². The Hall–Kier alpha value is -2.32. The maximum atomic E-state index is 13.3. The van der Waals surface area contributed by atoms with Crippen LogP contribution in [0.2, 0.25) is 5.02 Å². The highest BCUT2D eigenvalue weighted by Crippen LogP contribution is 2.26. The fraction of sp³-hybridized carbons (Fsp3) is 0.522. The third kappa shape index (κ3) is 6.59. The van der Waals surface area contributed by atoms with Gasteiger partial charge in [0.05, 0.1) is 0 Å². The number of carbonyl (C=O) groups excluding carboxylic acids is 2. The maximum Gasteiger partial charge on any atom is 0.319 e.